The number of fused-ring (bicyclic) bond motifs is 1. The predicted molar refractivity (Wildman–Crippen MR) is 102 cm³/mol. The second-order valence-electron chi connectivity index (χ2n) is 7.58. The number of aromatic nitrogens is 2. The number of benzene rings is 2. The molecule has 0 saturated carbocycles. The van der Waals surface area contributed by atoms with Gasteiger partial charge in [-0.3, -0.25) is 0 Å². The van der Waals surface area contributed by atoms with Crippen LogP contribution in [-0.2, 0) is 16.3 Å². The Kier molecular flexibility index (Phi) is 4.85. The third kappa shape index (κ3) is 3.63. The fourth-order valence-electron chi connectivity index (χ4n) is 4.04. The van der Waals surface area contributed by atoms with Gasteiger partial charge in [-0.05, 0) is 36.6 Å². The molecule has 9 heteroatoms. The molecule has 3 heterocycles. The van der Waals surface area contributed by atoms with Gasteiger partial charge in [-0.15, -0.1) is 10.2 Å². The lowest BCUT2D eigenvalue weighted by atomic mass is 9.73. The van der Waals surface area contributed by atoms with Crippen LogP contribution in [0, 0.1) is 0 Å². The first-order chi connectivity index (χ1) is 15.0. The zero-order valence-electron chi connectivity index (χ0n) is 16.4. The van der Waals surface area contributed by atoms with Crippen LogP contribution >= 0.6 is 0 Å². The van der Waals surface area contributed by atoms with Gasteiger partial charge >= 0.3 is 6.18 Å². The lowest BCUT2D eigenvalue weighted by Gasteiger charge is -2.34. The van der Waals surface area contributed by atoms with Crippen molar-refractivity contribution in [2.24, 2.45) is 0 Å². The number of para-hydroxylation sites is 2. The van der Waals surface area contributed by atoms with Gasteiger partial charge in [-0.25, -0.2) is 0 Å². The Morgan fingerprint density at radius 1 is 0.935 bits per heavy atom. The Morgan fingerprint density at radius 3 is 2.48 bits per heavy atom. The third-order valence-electron chi connectivity index (χ3n) is 5.72. The summed E-state index contributed by atoms with van der Waals surface area (Å²) in [4.78, 5) is 0. The van der Waals surface area contributed by atoms with E-state index in [-0.39, 0.29) is 18.4 Å². The minimum atomic E-state index is -4.44. The van der Waals surface area contributed by atoms with Crippen molar-refractivity contribution in [3.05, 3.63) is 71.4 Å². The van der Waals surface area contributed by atoms with Crippen LogP contribution in [-0.4, -0.2) is 30.0 Å². The number of hydrogen-bond donors (Lipinski definition) is 0. The molecule has 5 rings (SSSR count). The maximum Gasteiger partial charge on any atom is 0.416 e. The van der Waals surface area contributed by atoms with E-state index >= 15 is 0 Å². The number of rotatable bonds is 3. The summed E-state index contributed by atoms with van der Waals surface area (Å²) >= 11 is 0. The molecule has 2 aromatic carbocycles. The van der Waals surface area contributed by atoms with Crippen LogP contribution < -0.4 is 9.47 Å². The topological polar surface area (TPSA) is 66.6 Å². The molecular weight excluding hydrogens is 413 g/mol. The summed E-state index contributed by atoms with van der Waals surface area (Å²) in [6.45, 7) is 0.951. The molecule has 0 aliphatic carbocycles. The quantitative estimate of drug-likeness (QED) is 0.598. The van der Waals surface area contributed by atoms with E-state index in [1.807, 2.05) is 12.1 Å². The highest BCUT2D eigenvalue weighted by Gasteiger charge is 2.43. The second-order valence-corrected chi connectivity index (χ2v) is 7.58. The van der Waals surface area contributed by atoms with Crippen molar-refractivity contribution in [1.29, 1.82) is 0 Å². The molecule has 1 saturated heterocycles. The minimum Gasteiger partial charge on any atom is -0.485 e. The maximum absolute atomic E-state index is 13.3. The molecule has 0 spiro atoms. The lowest BCUT2D eigenvalue weighted by molar-refractivity contribution is -0.137. The van der Waals surface area contributed by atoms with Crippen molar-refractivity contribution >= 4 is 0 Å². The standard InChI is InChI=1S/C22H19F3N2O4/c23-22(24,25)15-5-3-4-14(12-15)21(8-10-28-11-9-21)20-27-26-19(31-20)18-13-29-16-6-1-2-7-17(16)30-18/h1-7,12,18H,8-11,13H2/t18-/m1/s1. The molecule has 1 atom stereocenters. The Bertz CT molecular complexity index is 1080. The summed E-state index contributed by atoms with van der Waals surface area (Å²) in [7, 11) is 0. The van der Waals surface area contributed by atoms with Gasteiger partial charge in [0.1, 0.15) is 6.61 Å². The van der Waals surface area contributed by atoms with Gasteiger partial charge in [0.15, 0.2) is 11.5 Å². The molecule has 2 aliphatic rings. The fraction of sp³-hybridized carbons (Fsp3) is 0.364. The zero-order chi connectivity index (χ0) is 21.5. The molecule has 2 aliphatic heterocycles. The highest BCUT2D eigenvalue weighted by atomic mass is 19.4. The van der Waals surface area contributed by atoms with Crippen molar-refractivity contribution in [1.82, 2.24) is 10.2 Å². The maximum atomic E-state index is 13.3. The molecular formula is C22H19F3N2O4. The molecule has 31 heavy (non-hydrogen) atoms. The smallest absolute Gasteiger partial charge is 0.416 e. The van der Waals surface area contributed by atoms with Crippen molar-refractivity contribution in [2.45, 2.75) is 30.5 Å². The van der Waals surface area contributed by atoms with Crippen LogP contribution in [0.3, 0.4) is 0 Å². The molecule has 0 radical (unpaired) electrons. The Hall–Kier alpha value is -3.07. The first kappa shape index (κ1) is 19.9. The Labute approximate surface area is 175 Å². The van der Waals surface area contributed by atoms with Crippen LogP contribution in [0.1, 0.15) is 41.9 Å². The van der Waals surface area contributed by atoms with Crippen molar-refractivity contribution in [2.75, 3.05) is 19.8 Å². The third-order valence-corrected chi connectivity index (χ3v) is 5.72. The molecule has 6 nitrogen and oxygen atoms in total. The normalized spacial score (nSPS) is 20.4. The summed E-state index contributed by atoms with van der Waals surface area (Å²) in [6.07, 6.45) is -4.18. The summed E-state index contributed by atoms with van der Waals surface area (Å²) in [5.41, 5.74) is -1.10. The van der Waals surface area contributed by atoms with E-state index in [0.717, 1.165) is 12.1 Å². The highest BCUT2D eigenvalue weighted by Crippen LogP contribution is 2.43. The summed E-state index contributed by atoms with van der Waals surface area (Å²) in [5, 5.41) is 8.37. The van der Waals surface area contributed by atoms with E-state index in [2.05, 4.69) is 10.2 Å². The summed E-state index contributed by atoms with van der Waals surface area (Å²) in [5.74, 6) is 1.68. The van der Waals surface area contributed by atoms with Gasteiger partial charge in [-0.1, -0.05) is 30.3 Å². The summed E-state index contributed by atoms with van der Waals surface area (Å²) in [6, 6.07) is 12.5. The van der Waals surface area contributed by atoms with E-state index in [1.165, 1.54) is 6.07 Å². The minimum absolute atomic E-state index is 0.193. The van der Waals surface area contributed by atoms with Gasteiger partial charge in [-0.2, -0.15) is 13.2 Å². The van der Waals surface area contributed by atoms with Crippen molar-refractivity contribution in [3.63, 3.8) is 0 Å². The lowest BCUT2D eigenvalue weighted by Crippen LogP contribution is -2.35. The van der Waals surface area contributed by atoms with E-state index in [1.54, 1.807) is 18.2 Å². The fourth-order valence-corrected chi connectivity index (χ4v) is 4.04. The van der Waals surface area contributed by atoms with Gasteiger partial charge in [0.05, 0.1) is 11.0 Å². The second kappa shape index (κ2) is 7.56. The molecule has 0 bridgehead atoms. The van der Waals surface area contributed by atoms with Gasteiger partial charge in [0.2, 0.25) is 12.0 Å². The van der Waals surface area contributed by atoms with Crippen molar-refractivity contribution in [3.8, 4) is 11.5 Å². The van der Waals surface area contributed by atoms with Gasteiger partial charge in [0, 0.05) is 13.2 Å². The Balaban J connectivity index is 1.49. The number of ether oxygens (including phenoxy) is 3. The first-order valence-electron chi connectivity index (χ1n) is 9.94. The first-order valence-corrected chi connectivity index (χ1v) is 9.94. The highest BCUT2D eigenvalue weighted by molar-refractivity contribution is 5.41. The van der Waals surface area contributed by atoms with E-state index in [9.17, 15) is 13.2 Å². The molecule has 1 fully saturated rings. The Morgan fingerprint density at radius 2 is 1.71 bits per heavy atom. The molecule has 0 N–H and O–H groups in total. The van der Waals surface area contributed by atoms with E-state index in [4.69, 9.17) is 18.6 Å². The largest absolute Gasteiger partial charge is 0.485 e. The average Bonchev–Trinajstić information content (AvgIpc) is 3.30. The van der Waals surface area contributed by atoms with Crippen LogP contribution in [0.4, 0.5) is 13.2 Å². The predicted octanol–water partition coefficient (Wildman–Crippen LogP) is 4.70. The molecule has 0 amide bonds. The van der Waals surface area contributed by atoms with Crippen LogP contribution in [0.5, 0.6) is 11.5 Å². The molecule has 0 unspecified atom stereocenters. The molecule has 162 valence electrons. The number of halogens is 3. The molecule has 3 aromatic rings. The average molecular weight is 432 g/mol. The number of nitrogens with zero attached hydrogens (tertiary/aromatic N) is 2. The van der Waals surface area contributed by atoms with Gasteiger partial charge < -0.3 is 18.6 Å². The van der Waals surface area contributed by atoms with Crippen molar-refractivity contribution < 1.29 is 31.8 Å². The SMILES string of the molecule is FC(F)(F)c1cccc(C2(c3nnc([C@H]4COc5ccccc5O4)o3)CCOCC2)c1. The van der Waals surface area contributed by atoms with E-state index < -0.39 is 23.3 Å². The van der Waals surface area contributed by atoms with Crippen LogP contribution in [0.2, 0.25) is 0 Å². The summed E-state index contributed by atoms with van der Waals surface area (Å²) < 4.78 is 63.1. The number of hydrogen-bond acceptors (Lipinski definition) is 6. The number of alkyl halides is 3. The van der Waals surface area contributed by atoms with Gasteiger partial charge in [0.25, 0.3) is 5.89 Å². The zero-order valence-corrected chi connectivity index (χ0v) is 16.4. The van der Waals surface area contributed by atoms with Crippen LogP contribution in [0.15, 0.2) is 52.9 Å². The monoisotopic (exact) mass is 432 g/mol. The van der Waals surface area contributed by atoms with Crippen LogP contribution in [0.25, 0.3) is 0 Å². The van der Waals surface area contributed by atoms with E-state index in [0.29, 0.717) is 43.1 Å². The molecule has 1 aromatic heterocycles.